The van der Waals surface area contributed by atoms with Crippen LogP contribution in [-0.2, 0) is 14.3 Å². The van der Waals surface area contributed by atoms with Crippen LogP contribution in [0.25, 0.3) is 6.08 Å². The lowest BCUT2D eigenvalue weighted by molar-refractivity contribution is -0.150. The third-order valence-corrected chi connectivity index (χ3v) is 4.61. The SMILES string of the molecule is C=CCOc1ccc(/C=C/C(=O)O[C@H](C)C(=O)NCC2CCCCC2)cc1. The van der Waals surface area contributed by atoms with Crippen molar-refractivity contribution in [3.05, 3.63) is 48.6 Å². The number of hydrogen-bond acceptors (Lipinski definition) is 4. The van der Waals surface area contributed by atoms with Crippen LogP contribution in [0.15, 0.2) is 43.0 Å². The first kappa shape index (κ1) is 20.7. The Kier molecular flexibility index (Phi) is 8.62. The van der Waals surface area contributed by atoms with Crippen LogP contribution in [0.2, 0.25) is 0 Å². The number of carbonyl (C=O) groups excluding carboxylic acids is 2. The number of hydrogen-bond donors (Lipinski definition) is 1. The van der Waals surface area contributed by atoms with Gasteiger partial charge in [-0.15, -0.1) is 0 Å². The molecule has 1 aromatic carbocycles. The summed E-state index contributed by atoms with van der Waals surface area (Å²) in [5, 5.41) is 2.89. The van der Waals surface area contributed by atoms with Crippen molar-refractivity contribution in [1.82, 2.24) is 5.32 Å². The molecule has 1 amide bonds. The summed E-state index contributed by atoms with van der Waals surface area (Å²) in [6.07, 6.45) is 9.92. The van der Waals surface area contributed by atoms with Gasteiger partial charge in [-0.2, -0.15) is 0 Å². The fourth-order valence-electron chi connectivity index (χ4n) is 3.04. The quantitative estimate of drug-likeness (QED) is 0.406. The summed E-state index contributed by atoms with van der Waals surface area (Å²) in [6.45, 7) is 6.30. The van der Waals surface area contributed by atoms with E-state index < -0.39 is 12.1 Å². The van der Waals surface area contributed by atoms with E-state index in [4.69, 9.17) is 9.47 Å². The van der Waals surface area contributed by atoms with E-state index in [9.17, 15) is 9.59 Å². The molecule has 0 unspecified atom stereocenters. The highest BCUT2D eigenvalue weighted by Crippen LogP contribution is 2.22. The fourth-order valence-corrected chi connectivity index (χ4v) is 3.04. The zero-order valence-corrected chi connectivity index (χ0v) is 16.0. The molecule has 1 saturated carbocycles. The standard InChI is InChI=1S/C22H29NO4/c1-3-15-26-20-12-9-18(10-13-20)11-14-21(24)27-17(2)22(25)23-16-19-7-5-4-6-8-19/h3,9-14,17,19H,1,4-8,15-16H2,2H3,(H,23,25)/b14-11+/t17-/m1/s1. The van der Waals surface area contributed by atoms with Crippen molar-refractivity contribution in [2.75, 3.05) is 13.2 Å². The molecule has 1 aromatic rings. The van der Waals surface area contributed by atoms with E-state index in [0.717, 1.165) is 24.2 Å². The molecular formula is C22H29NO4. The number of carbonyl (C=O) groups is 2. The second-order valence-electron chi connectivity index (χ2n) is 6.83. The Morgan fingerprint density at radius 1 is 1.22 bits per heavy atom. The minimum atomic E-state index is -0.805. The van der Waals surface area contributed by atoms with Gasteiger partial charge in [0.2, 0.25) is 0 Å². The van der Waals surface area contributed by atoms with Gasteiger partial charge in [-0.25, -0.2) is 4.79 Å². The zero-order valence-electron chi connectivity index (χ0n) is 16.0. The van der Waals surface area contributed by atoms with Gasteiger partial charge < -0.3 is 14.8 Å². The molecule has 0 radical (unpaired) electrons. The Bertz CT molecular complexity index is 645. The Hall–Kier alpha value is -2.56. The highest BCUT2D eigenvalue weighted by molar-refractivity contribution is 5.90. The van der Waals surface area contributed by atoms with E-state index in [0.29, 0.717) is 19.1 Å². The molecule has 1 aliphatic rings. The number of amides is 1. The van der Waals surface area contributed by atoms with Crippen LogP contribution < -0.4 is 10.1 Å². The monoisotopic (exact) mass is 371 g/mol. The van der Waals surface area contributed by atoms with E-state index in [-0.39, 0.29) is 5.91 Å². The molecule has 146 valence electrons. The van der Waals surface area contributed by atoms with Gasteiger partial charge in [0, 0.05) is 12.6 Å². The molecule has 1 fully saturated rings. The van der Waals surface area contributed by atoms with Gasteiger partial charge in [0.15, 0.2) is 6.10 Å². The molecule has 0 heterocycles. The summed E-state index contributed by atoms with van der Waals surface area (Å²) < 4.78 is 10.6. The fraction of sp³-hybridized carbons (Fsp3) is 0.455. The molecule has 5 nitrogen and oxygen atoms in total. The van der Waals surface area contributed by atoms with Crippen LogP contribution >= 0.6 is 0 Å². The van der Waals surface area contributed by atoms with Crippen molar-refractivity contribution in [2.24, 2.45) is 5.92 Å². The lowest BCUT2D eigenvalue weighted by atomic mass is 9.89. The first-order valence-electron chi connectivity index (χ1n) is 9.58. The number of esters is 1. The highest BCUT2D eigenvalue weighted by atomic mass is 16.5. The average Bonchev–Trinajstić information content (AvgIpc) is 2.70. The Morgan fingerprint density at radius 3 is 2.59 bits per heavy atom. The van der Waals surface area contributed by atoms with Crippen molar-refractivity contribution in [2.45, 2.75) is 45.1 Å². The molecule has 0 aromatic heterocycles. The molecule has 2 rings (SSSR count). The maximum atomic E-state index is 12.1. The van der Waals surface area contributed by atoms with E-state index in [1.165, 1.54) is 25.3 Å². The van der Waals surface area contributed by atoms with E-state index in [1.807, 2.05) is 24.3 Å². The second-order valence-corrected chi connectivity index (χ2v) is 6.83. The maximum absolute atomic E-state index is 12.1. The van der Waals surface area contributed by atoms with E-state index in [1.54, 1.807) is 19.1 Å². The Balaban J connectivity index is 1.73. The molecule has 0 saturated heterocycles. The zero-order chi connectivity index (χ0) is 19.5. The van der Waals surface area contributed by atoms with Crippen molar-refractivity contribution in [3.63, 3.8) is 0 Å². The molecule has 0 bridgehead atoms. The molecule has 0 spiro atoms. The third-order valence-electron chi connectivity index (χ3n) is 4.61. The topological polar surface area (TPSA) is 64.6 Å². The van der Waals surface area contributed by atoms with Crippen LogP contribution in [0.3, 0.4) is 0 Å². The minimum absolute atomic E-state index is 0.244. The molecule has 1 atom stereocenters. The number of rotatable bonds is 9. The summed E-state index contributed by atoms with van der Waals surface area (Å²) in [5.41, 5.74) is 0.840. The molecule has 5 heteroatoms. The van der Waals surface area contributed by atoms with Gasteiger partial charge >= 0.3 is 5.97 Å². The highest BCUT2D eigenvalue weighted by Gasteiger charge is 2.19. The number of benzene rings is 1. The summed E-state index contributed by atoms with van der Waals surface area (Å²) in [5.74, 6) is 0.496. The van der Waals surface area contributed by atoms with Gasteiger partial charge in [0.1, 0.15) is 12.4 Å². The normalized spacial score (nSPS) is 15.9. The maximum Gasteiger partial charge on any atom is 0.331 e. The smallest absolute Gasteiger partial charge is 0.331 e. The minimum Gasteiger partial charge on any atom is -0.490 e. The number of nitrogens with one attached hydrogen (secondary N) is 1. The van der Waals surface area contributed by atoms with Gasteiger partial charge in [-0.3, -0.25) is 4.79 Å². The average molecular weight is 371 g/mol. The van der Waals surface area contributed by atoms with Crippen LogP contribution in [0.1, 0.15) is 44.6 Å². The lowest BCUT2D eigenvalue weighted by Gasteiger charge is -2.22. The van der Waals surface area contributed by atoms with Crippen molar-refractivity contribution in [3.8, 4) is 5.75 Å². The van der Waals surface area contributed by atoms with Crippen LogP contribution in [0.5, 0.6) is 5.75 Å². The van der Waals surface area contributed by atoms with Crippen LogP contribution in [0.4, 0.5) is 0 Å². The van der Waals surface area contributed by atoms with Gasteiger partial charge in [-0.1, -0.05) is 44.1 Å². The molecule has 27 heavy (non-hydrogen) atoms. The van der Waals surface area contributed by atoms with Gasteiger partial charge in [0.05, 0.1) is 0 Å². The van der Waals surface area contributed by atoms with Crippen molar-refractivity contribution < 1.29 is 19.1 Å². The largest absolute Gasteiger partial charge is 0.490 e. The Morgan fingerprint density at radius 2 is 1.93 bits per heavy atom. The van der Waals surface area contributed by atoms with Crippen molar-refractivity contribution >= 4 is 18.0 Å². The molecule has 1 N–H and O–H groups in total. The second kappa shape index (κ2) is 11.2. The predicted molar refractivity (Wildman–Crippen MR) is 106 cm³/mol. The molecular weight excluding hydrogens is 342 g/mol. The molecule has 0 aliphatic heterocycles. The van der Waals surface area contributed by atoms with Crippen LogP contribution in [0, 0.1) is 5.92 Å². The lowest BCUT2D eigenvalue weighted by Crippen LogP contribution is -2.38. The van der Waals surface area contributed by atoms with Gasteiger partial charge in [-0.05, 0) is 49.5 Å². The van der Waals surface area contributed by atoms with Crippen LogP contribution in [-0.4, -0.2) is 31.1 Å². The van der Waals surface area contributed by atoms with Crippen molar-refractivity contribution in [1.29, 1.82) is 0 Å². The summed E-state index contributed by atoms with van der Waals surface area (Å²) in [7, 11) is 0. The summed E-state index contributed by atoms with van der Waals surface area (Å²) in [6, 6.07) is 7.30. The third kappa shape index (κ3) is 7.69. The first-order chi connectivity index (χ1) is 13.1. The predicted octanol–water partition coefficient (Wildman–Crippen LogP) is 3.89. The number of ether oxygens (including phenoxy) is 2. The van der Waals surface area contributed by atoms with Gasteiger partial charge in [0.25, 0.3) is 5.91 Å². The Labute approximate surface area is 161 Å². The summed E-state index contributed by atoms with van der Waals surface area (Å²) >= 11 is 0. The van der Waals surface area contributed by atoms with E-state index >= 15 is 0 Å². The first-order valence-corrected chi connectivity index (χ1v) is 9.58. The molecule has 1 aliphatic carbocycles. The van der Waals surface area contributed by atoms with E-state index in [2.05, 4.69) is 11.9 Å². The summed E-state index contributed by atoms with van der Waals surface area (Å²) in [4.78, 5) is 24.0.